The molecule has 2 aromatic heterocycles. The Bertz CT molecular complexity index is 551. The number of oxazole rings is 1. The summed E-state index contributed by atoms with van der Waals surface area (Å²) in [7, 11) is 0. The van der Waals surface area contributed by atoms with Crippen molar-refractivity contribution in [3.8, 4) is 0 Å². The van der Waals surface area contributed by atoms with E-state index in [1.54, 1.807) is 12.5 Å². The SMILES string of the molecule is O=C(O)C1(c2cnc(CCc3ccco3)o2)CC1. The quantitative estimate of drug-likeness (QED) is 0.876. The van der Waals surface area contributed by atoms with E-state index in [-0.39, 0.29) is 0 Å². The largest absolute Gasteiger partial charge is 0.480 e. The number of rotatable bonds is 5. The lowest BCUT2D eigenvalue weighted by atomic mass is 10.1. The second kappa shape index (κ2) is 4.01. The summed E-state index contributed by atoms with van der Waals surface area (Å²) in [4.78, 5) is 15.3. The zero-order valence-electron chi connectivity index (χ0n) is 9.76. The smallest absolute Gasteiger partial charge is 0.317 e. The third kappa shape index (κ3) is 1.81. The van der Waals surface area contributed by atoms with Gasteiger partial charge in [0.15, 0.2) is 5.89 Å². The van der Waals surface area contributed by atoms with E-state index >= 15 is 0 Å². The van der Waals surface area contributed by atoms with E-state index in [9.17, 15) is 4.79 Å². The minimum Gasteiger partial charge on any atom is -0.480 e. The monoisotopic (exact) mass is 247 g/mol. The van der Waals surface area contributed by atoms with Crippen molar-refractivity contribution in [1.82, 2.24) is 4.98 Å². The standard InChI is InChI=1S/C13H13NO4/c15-12(16)13(5-6-13)10-8-14-11(18-10)4-3-9-2-1-7-17-9/h1-2,7-8H,3-6H2,(H,15,16). The molecule has 0 radical (unpaired) electrons. The molecule has 0 bridgehead atoms. The molecule has 0 amide bonds. The van der Waals surface area contributed by atoms with Crippen molar-refractivity contribution in [3.05, 3.63) is 42.0 Å². The van der Waals surface area contributed by atoms with Crippen molar-refractivity contribution >= 4 is 5.97 Å². The molecule has 94 valence electrons. The minimum absolute atomic E-state index is 0.476. The first-order valence-corrected chi connectivity index (χ1v) is 5.92. The maximum absolute atomic E-state index is 11.1. The molecule has 0 spiro atoms. The topological polar surface area (TPSA) is 76.5 Å². The second-order valence-electron chi connectivity index (χ2n) is 4.58. The molecule has 0 aromatic carbocycles. The van der Waals surface area contributed by atoms with Gasteiger partial charge in [0.2, 0.25) is 0 Å². The third-order valence-electron chi connectivity index (χ3n) is 3.35. The molecule has 5 heteroatoms. The van der Waals surface area contributed by atoms with Gasteiger partial charge in [-0.05, 0) is 25.0 Å². The van der Waals surface area contributed by atoms with Gasteiger partial charge in [-0.3, -0.25) is 4.79 Å². The molecule has 2 aromatic rings. The van der Waals surface area contributed by atoms with Crippen LogP contribution in [-0.4, -0.2) is 16.1 Å². The Morgan fingerprint density at radius 1 is 1.44 bits per heavy atom. The Morgan fingerprint density at radius 3 is 2.89 bits per heavy atom. The molecule has 0 aliphatic heterocycles. The molecule has 18 heavy (non-hydrogen) atoms. The Balaban J connectivity index is 1.69. The lowest BCUT2D eigenvalue weighted by molar-refractivity contribution is -0.140. The Hall–Kier alpha value is -2.04. The van der Waals surface area contributed by atoms with Gasteiger partial charge in [0.25, 0.3) is 0 Å². The van der Waals surface area contributed by atoms with E-state index in [0.29, 0.717) is 37.3 Å². The van der Waals surface area contributed by atoms with E-state index < -0.39 is 11.4 Å². The van der Waals surface area contributed by atoms with Gasteiger partial charge in [0.1, 0.15) is 16.9 Å². The average molecular weight is 247 g/mol. The Morgan fingerprint density at radius 2 is 2.28 bits per heavy atom. The van der Waals surface area contributed by atoms with Crippen LogP contribution in [0.4, 0.5) is 0 Å². The molecule has 1 N–H and O–H groups in total. The number of hydrogen-bond acceptors (Lipinski definition) is 4. The predicted octanol–water partition coefficient (Wildman–Crippen LogP) is 2.17. The maximum Gasteiger partial charge on any atom is 0.317 e. The van der Waals surface area contributed by atoms with Gasteiger partial charge in [0.05, 0.1) is 12.5 Å². The number of nitrogens with zero attached hydrogens (tertiary/aromatic N) is 1. The number of aromatic nitrogens is 1. The summed E-state index contributed by atoms with van der Waals surface area (Å²) in [6.45, 7) is 0. The van der Waals surface area contributed by atoms with Gasteiger partial charge in [-0.2, -0.15) is 0 Å². The van der Waals surface area contributed by atoms with Crippen molar-refractivity contribution in [3.63, 3.8) is 0 Å². The average Bonchev–Trinajstić information content (AvgIpc) is 2.81. The second-order valence-corrected chi connectivity index (χ2v) is 4.58. The third-order valence-corrected chi connectivity index (χ3v) is 3.35. The van der Waals surface area contributed by atoms with Crippen LogP contribution in [0.3, 0.4) is 0 Å². The molecule has 1 fully saturated rings. The highest BCUT2D eigenvalue weighted by Gasteiger charge is 2.54. The first kappa shape index (κ1) is 11.1. The molecule has 1 aliphatic carbocycles. The van der Waals surface area contributed by atoms with Crippen LogP contribution in [0, 0.1) is 0 Å². The van der Waals surface area contributed by atoms with Crippen molar-refractivity contribution in [2.24, 2.45) is 0 Å². The molecule has 1 aliphatic rings. The number of aliphatic carboxylic acids is 1. The molecule has 0 atom stereocenters. The van der Waals surface area contributed by atoms with Crippen molar-refractivity contribution in [2.75, 3.05) is 0 Å². The predicted molar refractivity (Wildman–Crippen MR) is 61.2 cm³/mol. The van der Waals surface area contributed by atoms with Crippen molar-refractivity contribution in [1.29, 1.82) is 0 Å². The minimum atomic E-state index is -0.823. The van der Waals surface area contributed by atoms with Crippen LogP contribution in [0.2, 0.25) is 0 Å². The first-order valence-electron chi connectivity index (χ1n) is 5.92. The van der Waals surface area contributed by atoms with Gasteiger partial charge >= 0.3 is 5.97 Å². The molecule has 5 nitrogen and oxygen atoms in total. The maximum atomic E-state index is 11.1. The normalized spacial score (nSPS) is 16.7. The number of carboxylic acid groups (broad SMARTS) is 1. The zero-order chi connectivity index (χ0) is 12.6. The lowest BCUT2D eigenvalue weighted by Gasteiger charge is -2.03. The number of hydrogen-bond donors (Lipinski definition) is 1. The number of carbonyl (C=O) groups is 1. The van der Waals surface area contributed by atoms with E-state index in [1.165, 1.54) is 0 Å². The van der Waals surface area contributed by atoms with Crippen molar-refractivity contribution < 1.29 is 18.7 Å². The van der Waals surface area contributed by atoms with E-state index in [4.69, 9.17) is 13.9 Å². The van der Waals surface area contributed by atoms with Gasteiger partial charge < -0.3 is 13.9 Å². The summed E-state index contributed by atoms with van der Waals surface area (Å²) in [5.41, 5.74) is -0.810. The molecule has 0 saturated heterocycles. The molecular formula is C13H13NO4. The number of furan rings is 1. The summed E-state index contributed by atoms with van der Waals surface area (Å²) < 4.78 is 10.8. The van der Waals surface area contributed by atoms with Gasteiger partial charge in [-0.1, -0.05) is 0 Å². The Labute approximate surface area is 103 Å². The van der Waals surface area contributed by atoms with Gasteiger partial charge in [-0.25, -0.2) is 4.98 Å². The molecule has 3 rings (SSSR count). The molecule has 2 heterocycles. The first-order chi connectivity index (χ1) is 8.71. The van der Waals surface area contributed by atoms with E-state index in [0.717, 1.165) is 5.76 Å². The van der Waals surface area contributed by atoms with Crippen LogP contribution >= 0.6 is 0 Å². The van der Waals surface area contributed by atoms with Gasteiger partial charge in [-0.15, -0.1) is 0 Å². The molecular weight excluding hydrogens is 234 g/mol. The highest BCUT2D eigenvalue weighted by Crippen LogP contribution is 2.48. The van der Waals surface area contributed by atoms with Crippen LogP contribution in [0.15, 0.2) is 33.4 Å². The highest BCUT2D eigenvalue weighted by atomic mass is 16.4. The van der Waals surface area contributed by atoms with E-state index in [2.05, 4.69) is 4.98 Å². The molecule has 1 saturated carbocycles. The fourth-order valence-electron chi connectivity index (χ4n) is 2.02. The zero-order valence-corrected chi connectivity index (χ0v) is 9.76. The van der Waals surface area contributed by atoms with Crippen molar-refractivity contribution in [2.45, 2.75) is 31.1 Å². The van der Waals surface area contributed by atoms with Gasteiger partial charge in [0, 0.05) is 12.8 Å². The fraction of sp³-hybridized carbons (Fsp3) is 0.385. The number of aryl methyl sites for hydroxylation is 2. The van der Waals surface area contributed by atoms with Crippen LogP contribution in [0.1, 0.15) is 30.3 Å². The summed E-state index contributed by atoms with van der Waals surface area (Å²) in [5, 5.41) is 9.14. The lowest BCUT2D eigenvalue weighted by Crippen LogP contribution is -2.18. The van der Waals surface area contributed by atoms with E-state index in [1.807, 2.05) is 12.1 Å². The summed E-state index contributed by atoms with van der Waals surface area (Å²) in [6, 6.07) is 3.73. The summed E-state index contributed by atoms with van der Waals surface area (Å²) >= 11 is 0. The van der Waals surface area contributed by atoms with Crippen LogP contribution in [-0.2, 0) is 23.1 Å². The summed E-state index contributed by atoms with van der Waals surface area (Å²) in [5.74, 6) is 1.09. The summed E-state index contributed by atoms with van der Waals surface area (Å²) in [6.07, 6.45) is 5.75. The Kier molecular flexibility index (Phi) is 2.47. The van der Waals surface area contributed by atoms with Crippen LogP contribution < -0.4 is 0 Å². The van der Waals surface area contributed by atoms with Crippen LogP contribution in [0.5, 0.6) is 0 Å². The molecule has 0 unspecified atom stereocenters. The fourth-order valence-corrected chi connectivity index (χ4v) is 2.02. The van der Waals surface area contributed by atoms with Crippen LogP contribution in [0.25, 0.3) is 0 Å². The number of carboxylic acids is 1. The highest BCUT2D eigenvalue weighted by molar-refractivity contribution is 5.83.